The summed E-state index contributed by atoms with van der Waals surface area (Å²) in [6.45, 7) is 1.50. The number of aryl methyl sites for hydroxylation is 1. The van der Waals surface area contributed by atoms with Gasteiger partial charge in [0.15, 0.2) is 0 Å². The second-order valence-corrected chi connectivity index (χ2v) is 5.59. The van der Waals surface area contributed by atoms with E-state index in [0.717, 1.165) is 17.1 Å². The lowest BCUT2D eigenvalue weighted by Crippen LogP contribution is -1.97. The molecule has 0 spiro atoms. The number of nitrogens with zero attached hydrogens (tertiary/aromatic N) is 2. The number of aliphatic imine (C=N–C) groups is 1. The van der Waals surface area contributed by atoms with Gasteiger partial charge in [-0.3, -0.25) is 9.98 Å². The number of anilines is 2. The number of rotatable bonds is 5. The fourth-order valence-electron chi connectivity index (χ4n) is 2.38. The van der Waals surface area contributed by atoms with Crippen molar-refractivity contribution < 1.29 is 10.2 Å². The molecule has 3 N–H and O–H groups in total. The quantitative estimate of drug-likeness (QED) is 0.615. The first-order valence-electron chi connectivity index (χ1n) is 7.92. The molecule has 25 heavy (non-hydrogen) atoms. The number of para-hydroxylation sites is 1. The molecule has 3 rings (SSSR count). The Hall–Kier alpha value is -3.18. The third-order valence-electron chi connectivity index (χ3n) is 3.80. The fourth-order valence-corrected chi connectivity index (χ4v) is 2.38. The molecule has 0 atom stereocenters. The Morgan fingerprint density at radius 3 is 2.40 bits per heavy atom. The maximum Gasteiger partial charge on any atom is 0.145 e. The predicted molar refractivity (Wildman–Crippen MR) is 100.0 cm³/mol. The molecular formula is C20H19N3O2. The van der Waals surface area contributed by atoms with Crippen molar-refractivity contribution in [2.75, 3.05) is 5.32 Å². The zero-order valence-corrected chi connectivity index (χ0v) is 13.8. The van der Waals surface area contributed by atoms with Crippen LogP contribution in [-0.2, 0) is 6.61 Å². The van der Waals surface area contributed by atoms with Crippen molar-refractivity contribution in [3.8, 4) is 5.75 Å². The minimum Gasteiger partial charge on any atom is -0.505 e. The summed E-state index contributed by atoms with van der Waals surface area (Å²) in [5.41, 5.74) is 4.25. The Balaban J connectivity index is 1.78. The molecule has 1 heterocycles. The molecule has 0 saturated carbocycles. The smallest absolute Gasteiger partial charge is 0.145 e. The highest BCUT2D eigenvalue weighted by atomic mass is 16.3. The topological polar surface area (TPSA) is 77.7 Å². The number of aliphatic hydroxyl groups excluding tert-OH is 1. The number of aliphatic hydroxyl groups is 1. The maximum atomic E-state index is 10.1. The van der Waals surface area contributed by atoms with E-state index in [1.54, 1.807) is 19.3 Å². The van der Waals surface area contributed by atoms with Gasteiger partial charge in [-0.1, -0.05) is 18.2 Å². The van der Waals surface area contributed by atoms with Crippen molar-refractivity contribution in [2.45, 2.75) is 13.5 Å². The third kappa shape index (κ3) is 4.02. The minimum atomic E-state index is -0.206. The fraction of sp³-hybridized carbons (Fsp3) is 0.100. The molecule has 0 fully saturated rings. The summed E-state index contributed by atoms with van der Waals surface area (Å²) < 4.78 is 0. The molecule has 5 nitrogen and oxygen atoms in total. The molecule has 0 aliphatic heterocycles. The highest BCUT2D eigenvalue weighted by Gasteiger charge is 2.09. The first kappa shape index (κ1) is 16.7. The van der Waals surface area contributed by atoms with Gasteiger partial charge in [0, 0.05) is 34.9 Å². The highest BCUT2D eigenvalue weighted by molar-refractivity contribution is 5.87. The normalized spacial score (nSPS) is 11.0. The van der Waals surface area contributed by atoms with Crippen LogP contribution in [-0.4, -0.2) is 21.4 Å². The lowest BCUT2D eigenvalue weighted by Gasteiger charge is -2.07. The number of aromatic hydroxyl groups is 1. The van der Waals surface area contributed by atoms with Crippen LogP contribution in [0.15, 0.2) is 65.8 Å². The predicted octanol–water partition coefficient (Wildman–Crippen LogP) is 4.08. The van der Waals surface area contributed by atoms with Crippen LogP contribution in [0.25, 0.3) is 0 Å². The van der Waals surface area contributed by atoms with Gasteiger partial charge in [0.2, 0.25) is 0 Å². The molecule has 0 radical (unpaired) electrons. The number of hydrogen-bond acceptors (Lipinski definition) is 5. The Labute approximate surface area is 146 Å². The zero-order chi connectivity index (χ0) is 17.6. The van der Waals surface area contributed by atoms with E-state index < -0.39 is 0 Å². The summed E-state index contributed by atoms with van der Waals surface area (Å²) in [6, 6.07) is 17.5. The average molecular weight is 333 g/mol. The molecule has 0 amide bonds. The molecule has 1 aromatic heterocycles. The van der Waals surface area contributed by atoms with Gasteiger partial charge in [0.25, 0.3) is 0 Å². The van der Waals surface area contributed by atoms with E-state index in [0.29, 0.717) is 16.8 Å². The Morgan fingerprint density at radius 2 is 1.72 bits per heavy atom. The van der Waals surface area contributed by atoms with Crippen LogP contribution in [0, 0.1) is 6.92 Å². The van der Waals surface area contributed by atoms with Crippen molar-refractivity contribution in [2.24, 2.45) is 4.99 Å². The van der Waals surface area contributed by atoms with Gasteiger partial charge >= 0.3 is 0 Å². The van der Waals surface area contributed by atoms with Crippen LogP contribution in [0.1, 0.15) is 16.8 Å². The maximum absolute atomic E-state index is 10.1. The summed E-state index contributed by atoms with van der Waals surface area (Å²) in [5, 5.41) is 22.8. The van der Waals surface area contributed by atoms with Gasteiger partial charge < -0.3 is 15.5 Å². The van der Waals surface area contributed by atoms with Crippen molar-refractivity contribution in [3.63, 3.8) is 0 Å². The van der Waals surface area contributed by atoms with E-state index in [1.807, 2.05) is 54.6 Å². The Bertz CT molecular complexity index is 875. The lowest BCUT2D eigenvalue weighted by molar-refractivity contribution is 0.280. The molecule has 5 heteroatoms. The van der Waals surface area contributed by atoms with E-state index in [4.69, 9.17) is 0 Å². The molecule has 0 bridgehead atoms. The summed E-state index contributed by atoms with van der Waals surface area (Å²) in [6.07, 6.45) is 3.10. The van der Waals surface area contributed by atoms with Crippen LogP contribution in [0.4, 0.5) is 17.1 Å². The molecule has 2 aromatic carbocycles. The second-order valence-electron chi connectivity index (χ2n) is 5.59. The van der Waals surface area contributed by atoms with E-state index in [-0.39, 0.29) is 12.4 Å². The molecule has 0 saturated heterocycles. The average Bonchev–Trinajstić information content (AvgIpc) is 2.65. The van der Waals surface area contributed by atoms with Gasteiger partial charge in [-0.2, -0.15) is 0 Å². The monoisotopic (exact) mass is 333 g/mol. The van der Waals surface area contributed by atoms with Gasteiger partial charge in [-0.15, -0.1) is 0 Å². The summed E-state index contributed by atoms with van der Waals surface area (Å²) in [4.78, 5) is 8.42. The van der Waals surface area contributed by atoms with Crippen LogP contribution >= 0.6 is 0 Å². The van der Waals surface area contributed by atoms with Crippen molar-refractivity contribution >= 4 is 23.3 Å². The second kappa shape index (κ2) is 7.59. The van der Waals surface area contributed by atoms with E-state index in [2.05, 4.69) is 15.3 Å². The molecule has 126 valence electrons. The third-order valence-corrected chi connectivity index (χ3v) is 3.80. The van der Waals surface area contributed by atoms with Crippen LogP contribution in [0.3, 0.4) is 0 Å². The van der Waals surface area contributed by atoms with Crippen molar-refractivity contribution in [1.29, 1.82) is 0 Å². The number of hydrogen-bond donors (Lipinski definition) is 3. The van der Waals surface area contributed by atoms with E-state index in [1.165, 1.54) is 0 Å². The summed E-state index contributed by atoms with van der Waals surface area (Å²) in [5.74, 6) is 0.0395. The zero-order valence-electron chi connectivity index (χ0n) is 13.8. The van der Waals surface area contributed by atoms with Gasteiger partial charge in [-0.05, 0) is 43.3 Å². The standard InChI is InChI=1S/C20H19N3O2/c1-14-20(25)19(15(13-24)11-21-14)12-22-16-7-9-18(10-8-16)23-17-5-3-2-4-6-17/h2-12,23-25H,13H2,1H3. The molecule has 0 unspecified atom stereocenters. The van der Waals surface area contributed by atoms with Crippen LogP contribution in [0.2, 0.25) is 0 Å². The Kier molecular flexibility index (Phi) is 5.06. The number of pyridine rings is 1. The molecular weight excluding hydrogens is 314 g/mol. The summed E-state index contributed by atoms with van der Waals surface area (Å²) >= 11 is 0. The number of nitrogens with one attached hydrogen (secondary N) is 1. The van der Waals surface area contributed by atoms with Crippen LogP contribution in [0.5, 0.6) is 5.75 Å². The number of aromatic nitrogens is 1. The largest absolute Gasteiger partial charge is 0.505 e. The molecule has 0 aliphatic rings. The first-order chi connectivity index (χ1) is 12.2. The van der Waals surface area contributed by atoms with Crippen molar-refractivity contribution in [3.05, 3.63) is 77.6 Å². The van der Waals surface area contributed by atoms with Crippen molar-refractivity contribution in [1.82, 2.24) is 4.98 Å². The Morgan fingerprint density at radius 1 is 1.04 bits per heavy atom. The van der Waals surface area contributed by atoms with E-state index >= 15 is 0 Å². The summed E-state index contributed by atoms with van der Waals surface area (Å²) in [7, 11) is 0. The van der Waals surface area contributed by atoms with Gasteiger partial charge in [0.1, 0.15) is 5.75 Å². The highest BCUT2D eigenvalue weighted by Crippen LogP contribution is 2.24. The van der Waals surface area contributed by atoms with E-state index in [9.17, 15) is 10.2 Å². The lowest BCUT2D eigenvalue weighted by atomic mass is 10.1. The molecule has 0 aliphatic carbocycles. The molecule has 3 aromatic rings. The SMILES string of the molecule is Cc1ncc(CO)c(C=Nc2ccc(Nc3ccccc3)cc2)c1O. The van der Waals surface area contributed by atoms with Gasteiger partial charge in [0.05, 0.1) is 18.0 Å². The number of benzene rings is 2. The minimum absolute atomic E-state index is 0.0395. The first-order valence-corrected chi connectivity index (χ1v) is 7.92. The van der Waals surface area contributed by atoms with Crippen LogP contribution < -0.4 is 5.32 Å². The van der Waals surface area contributed by atoms with Gasteiger partial charge in [-0.25, -0.2) is 0 Å².